The third-order valence-electron chi connectivity index (χ3n) is 2.23. The van der Waals surface area contributed by atoms with Crippen LogP contribution in [0.15, 0.2) is 0 Å². The summed E-state index contributed by atoms with van der Waals surface area (Å²) >= 11 is 0. The molecule has 78 valence electrons. The largest absolute Gasteiger partial charge is 0.344 e. The maximum absolute atomic E-state index is 11.4. The number of nitrogens with zero attached hydrogens (tertiary/aromatic N) is 1. The Hall–Kier alpha value is -0.570. The molecule has 0 spiro atoms. The molecule has 1 atom stereocenters. The molecule has 0 aromatic rings. The van der Waals surface area contributed by atoms with E-state index in [1.807, 2.05) is 14.0 Å². The van der Waals surface area contributed by atoms with E-state index in [2.05, 4.69) is 19.2 Å². The lowest BCUT2D eigenvalue weighted by molar-refractivity contribution is -0.129. The van der Waals surface area contributed by atoms with Gasteiger partial charge in [0.1, 0.15) is 0 Å². The van der Waals surface area contributed by atoms with Crippen LogP contribution in [0.1, 0.15) is 27.2 Å². The molecule has 1 N–H and O–H groups in total. The molecule has 0 saturated heterocycles. The summed E-state index contributed by atoms with van der Waals surface area (Å²) in [6, 6.07) is 0. The van der Waals surface area contributed by atoms with Crippen LogP contribution in [0.2, 0.25) is 0 Å². The molecule has 0 fully saturated rings. The highest BCUT2D eigenvalue weighted by molar-refractivity contribution is 5.77. The monoisotopic (exact) mass is 186 g/mol. The standard InChI is InChI=1S/C10H22N2O/c1-5-9(3)8-12(4)10(13)7-11-6-2/h9,11H,5-8H2,1-4H3. The van der Waals surface area contributed by atoms with Crippen LogP contribution in [0.25, 0.3) is 0 Å². The van der Waals surface area contributed by atoms with Crippen molar-refractivity contribution in [2.24, 2.45) is 5.92 Å². The number of carbonyl (C=O) groups excluding carboxylic acids is 1. The van der Waals surface area contributed by atoms with Gasteiger partial charge >= 0.3 is 0 Å². The molecule has 13 heavy (non-hydrogen) atoms. The number of hydrogen-bond donors (Lipinski definition) is 1. The fraction of sp³-hybridized carbons (Fsp3) is 0.900. The van der Waals surface area contributed by atoms with E-state index in [9.17, 15) is 4.79 Å². The fourth-order valence-electron chi connectivity index (χ4n) is 1.07. The van der Waals surface area contributed by atoms with Crippen LogP contribution in [0, 0.1) is 5.92 Å². The van der Waals surface area contributed by atoms with Gasteiger partial charge in [-0.15, -0.1) is 0 Å². The van der Waals surface area contributed by atoms with Crippen LogP contribution in [0.5, 0.6) is 0 Å². The van der Waals surface area contributed by atoms with E-state index in [1.54, 1.807) is 4.90 Å². The number of amides is 1. The van der Waals surface area contributed by atoms with Gasteiger partial charge in [-0.25, -0.2) is 0 Å². The highest BCUT2D eigenvalue weighted by atomic mass is 16.2. The minimum absolute atomic E-state index is 0.183. The first-order chi connectivity index (χ1) is 6.11. The summed E-state index contributed by atoms with van der Waals surface area (Å²) < 4.78 is 0. The van der Waals surface area contributed by atoms with Crippen molar-refractivity contribution in [2.75, 3.05) is 26.7 Å². The summed E-state index contributed by atoms with van der Waals surface area (Å²) in [6.45, 7) is 8.49. The number of likely N-dealkylation sites (N-methyl/N-ethyl adjacent to an activating group) is 2. The van der Waals surface area contributed by atoms with Gasteiger partial charge in [0.25, 0.3) is 0 Å². The molecular formula is C10H22N2O. The Labute approximate surface area is 81.5 Å². The lowest BCUT2D eigenvalue weighted by Gasteiger charge is -2.20. The first-order valence-electron chi connectivity index (χ1n) is 5.06. The van der Waals surface area contributed by atoms with Crippen molar-refractivity contribution in [3.8, 4) is 0 Å². The SMILES string of the molecule is CCNCC(=O)N(C)CC(C)CC. The zero-order valence-corrected chi connectivity index (χ0v) is 9.26. The van der Waals surface area contributed by atoms with E-state index in [0.717, 1.165) is 19.5 Å². The zero-order chi connectivity index (χ0) is 10.3. The van der Waals surface area contributed by atoms with E-state index in [1.165, 1.54) is 0 Å². The van der Waals surface area contributed by atoms with Gasteiger partial charge in [0.2, 0.25) is 5.91 Å². The molecule has 0 aliphatic heterocycles. The maximum atomic E-state index is 11.4. The Morgan fingerprint density at radius 2 is 2.08 bits per heavy atom. The second-order valence-corrected chi connectivity index (χ2v) is 3.57. The van der Waals surface area contributed by atoms with Crippen molar-refractivity contribution in [1.82, 2.24) is 10.2 Å². The van der Waals surface area contributed by atoms with Gasteiger partial charge in [0.05, 0.1) is 6.54 Å². The fourth-order valence-corrected chi connectivity index (χ4v) is 1.07. The molecule has 0 bridgehead atoms. The minimum Gasteiger partial charge on any atom is -0.344 e. The number of carbonyl (C=O) groups is 1. The van der Waals surface area contributed by atoms with Gasteiger partial charge < -0.3 is 10.2 Å². The van der Waals surface area contributed by atoms with E-state index < -0.39 is 0 Å². The van der Waals surface area contributed by atoms with Gasteiger partial charge in [-0.2, -0.15) is 0 Å². The molecule has 1 unspecified atom stereocenters. The summed E-state index contributed by atoms with van der Waals surface area (Å²) in [6.07, 6.45) is 1.12. The summed E-state index contributed by atoms with van der Waals surface area (Å²) in [7, 11) is 1.87. The molecule has 1 amide bonds. The lowest BCUT2D eigenvalue weighted by atomic mass is 10.1. The smallest absolute Gasteiger partial charge is 0.236 e. The molecule has 3 nitrogen and oxygen atoms in total. The van der Waals surface area contributed by atoms with Crippen LogP contribution in [-0.2, 0) is 4.79 Å². The van der Waals surface area contributed by atoms with Crippen LogP contribution >= 0.6 is 0 Å². The molecule has 0 aliphatic carbocycles. The van der Waals surface area contributed by atoms with Crippen molar-refractivity contribution < 1.29 is 4.79 Å². The van der Waals surface area contributed by atoms with Gasteiger partial charge in [-0.05, 0) is 12.5 Å². The molecule has 3 heteroatoms. The molecular weight excluding hydrogens is 164 g/mol. The zero-order valence-electron chi connectivity index (χ0n) is 9.26. The highest BCUT2D eigenvalue weighted by Crippen LogP contribution is 2.02. The van der Waals surface area contributed by atoms with Crippen LogP contribution in [-0.4, -0.2) is 37.5 Å². The van der Waals surface area contributed by atoms with E-state index in [-0.39, 0.29) is 5.91 Å². The number of nitrogens with one attached hydrogen (secondary N) is 1. The summed E-state index contributed by atoms with van der Waals surface area (Å²) in [5.74, 6) is 0.776. The second-order valence-electron chi connectivity index (χ2n) is 3.57. The van der Waals surface area contributed by atoms with Gasteiger partial charge in [0, 0.05) is 13.6 Å². The van der Waals surface area contributed by atoms with Crippen molar-refractivity contribution in [1.29, 1.82) is 0 Å². The van der Waals surface area contributed by atoms with Gasteiger partial charge in [-0.3, -0.25) is 4.79 Å². The summed E-state index contributed by atoms with van der Waals surface area (Å²) in [5.41, 5.74) is 0. The molecule has 0 aliphatic rings. The first kappa shape index (κ1) is 12.4. The number of hydrogen-bond acceptors (Lipinski definition) is 2. The van der Waals surface area contributed by atoms with Crippen molar-refractivity contribution in [2.45, 2.75) is 27.2 Å². The van der Waals surface area contributed by atoms with Crippen molar-refractivity contribution >= 4 is 5.91 Å². The molecule has 0 aromatic carbocycles. The highest BCUT2D eigenvalue weighted by Gasteiger charge is 2.09. The quantitative estimate of drug-likeness (QED) is 0.673. The van der Waals surface area contributed by atoms with Crippen LogP contribution in [0.4, 0.5) is 0 Å². The Bertz CT molecular complexity index is 148. The third kappa shape index (κ3) is 5.64. The summed E-state index contributed by atoms with van der Waals surface area (Å²) in [5, 5.41) is 3.03. The predicted molar refractivity (Wildman–Crippen MR) is 55.6 cm³/mol. The Morgan fingerprint density at radius 1 is 1.46 bits per heavy atom. The van der Waals surface area contributed by atoms with E-state index in [4.69, 9.17) is 0 Å². The van der Waals surface area contributed by atoms with Crippen LogP contribution in [0.3, 0.4) is 0 Å². The Morgan fingerprint density at radius 3 is 2.54 bits per heavy atom. The third-order valence-corrected chi connectivity index (χ3v) is 2.23. The predicted octanol–water partition coefficient (Wildman–Crippen LogP) is 1.10. The molecule has 0 heterocycles. The Kier molecular flexibility index (Phi) is 6.59. The topological polar surface area (TPSA) is 32.3 Å². The molecule has 0 saturated carbocycles. The van der Waals surface area contributed by atoms with Gasteiger partial charge in [-0.1, -0.05) is 27.2 Å². The number of rotatable bonds is 6. The average Bonchev–Trinajstić information content (AvgIpc) is 2.13. The maximum Gasteiger partial charge on any atom is 0.236 e. The van der Waals surface area contributed by atoms with E-state index in [0.29, 0.717) is 12.5 Å². The molecule has 0 rings (SSSR count). The van der Waals surface area contributed by atoms with Crippen molar-refractivity contribution in [3.05, 3.63) is 0 Å². The normalized spacial score (nSPS) is 12.6. The minimum atomic E-state index is 0.183. The average molecular weight is 186 g/mol. The van der Waals surface area contributed by atoms with Crippen molar-refractivity contribution in [3.63, 3.8) is 0 Å². The Balaban J connectivity index is 3.68. The van der Waals surface area contributed by atoms with Gasteiger partial charge in [0.15, 0.2) is 0 Å². The van der Waals surface area contributed by atoms with Crippen LogP contribution < -0.4 is 5.32 Å². The summed E-state index contributed by atoms with van der Waals surface area (Å²) in [4.78, 5) is 13.2. The first-order valence-corrected chi connectivity index (χ1v) is 5.06. The second kappa shape index (κ2) is 6.89. The lowest BCUT2D eigenvalue weighted by Crippen LogP contribution is -2.37. The molecule has 0 aromatic heterocycles. The van der Waals surface area contributed by atoms with E-state index >= 15 is 0 Å². The molecule has 0 radical (unpaired) electrons.